The molecule has 98 valence electrons. The van der Waals surface area contributed by atoms with Crippen LogP contribution < -0.4 is 5.32 Å². The zero-order valence-electron chi connectivity index (χ0n) is 10.4. The molecule has 1 fully saturated rings. The molecule has 0 saturated heterocycles. The Balaban J connectivity index is 1.77. The molecule has 1 N–H and O–H groups in total. The minimum atomic E-state index is -0.190. The number of aryl methyl sites for hydroxylation is 1. The summed E-state index contributed by atoms with van der Waals surface area (Å²) < 4.78 is 0. The van der Waals surface area contributed by atoms with Gasteiger partial charge in [0.05, 0.1) is 16.4 Å². The second kappa shape index (κ2) is 4.94. The van der Waals surface area contributed by atoms with Crippen molar-refractivity contribution >= 4 is 34.5 Å². The Morgan fingerprint density at radius 1 is 1.47 bits per heavy atom. The van der Waals surface area contributed by atoms with Crippen LogP contribution in [0.25, 0.3) is 0 Å². The van der Waals surface area contributed by atoms with Gasteiger partial charge in [-0.25, -0.2) is 4.98 Å². The molecule has 1 aromatic heterocycles. The van der Waals surface area contributed by atoms with E-state index in [1.807, 2.05) is 24.4 Å². The molecular formula is C14H13ClN2OS. The van der Waals surface area contributed by atoms with E-state index in [0.717, 1.165) is 11.3 Å². The minimum absolute atomic E-state index is 0.190. The largest absolute Gasteiger partial charge is 0.319 e. The first kappa shape index (κ1) is 12.6. The fourth-order valence-corrected chi connectivity index (χ4v) is 2.83. The second-order valence-electron chi connectivity index (χ2n) is 4.79. The Kier molecular flexibility index (Phi) is 3.29. The number of thiazole rings is 1. The van der Waals surface area contributed by atoms with Gasteiger partial charge in [0.1, 0.15) is 0 Å². The smallest absolute Gasteiger partial charge is 0.284 e. The first-order chi connectivity index (χ1) is 9.13. The molecular weight excluding hydrogens is 280 g/mol. The average Bonchev–Trinajstić information content (AvgIpc) is 3.11. The SMILES string of the molecule is Cc1ccc(Cl)c(NC(=O)c2nc(C3CC3)cs2)c1. The summed E-state index contributed by atoms with van der Waals surface area (Å²) >= 11 is 7.45. The third kappa shape index (κ3) is 2.80. The molecule has 0 spiro atoms. The average molecular weight is 293 g/mol. The topological polar surface area (TPSA) is 42.0 Å². The van der Waals surface area contributed by atoms with Crippen molar-refractivity contribution in [1.82, 2.24) is 4.98 Å². The molecule has 0 aliphatic heterocycles. The van der Waals surface area contributed by atoms with E-state index in [-0.39, 0.29) is 5.91 Å². The van der Waals surface area contributed by atoms with Gasteiger partial charge in [0.25, 0.3) is 5.91 Å². The normalized spacial score (nSPS) is 14.4. The second-order valence-corrected chi connectivity index (χ2v) is 6.05. The molecule has 2 aromatic rings. The van der Waals surface area contributed by atoms with E-state index in [2.05, 4.69) is 10.3 Å². The van der Waals surface area contributed by atoms with Crippen LogP contribution >= 0.6 is 22.9 Å². The molecule has 1 saturated carbocycles. The third-order valence-corrected chi connectivity index (χ3v) is 4.27. The Hall–Kier alpha value is -1.39. The molecule has 1 aliphatic carbocycles. The standard InChI is InChI=1S/C14H13ClN2OS/c1-8-2-5-10(15)11(6-8)16-13(18)14-17-12(7-19-14)9-3-4-9/h2,5-7,9H,3-4H2,1H3,(H,16,18). The van der Waals surface area contributed by atoms with Crippen molar-refractivity contribution in [1.29, 1.82) is 0 Å². The number of hydrogen-bond acceptors (Lipinski definition) is 3. The van der Waals surface area contributed by atoms with Crippen LogP contribution in [0.15, 0.2) is 23.6 Å². The molecule has 3 nitrogen and oxygen atoms in total. The molecule has 1 amide bonds. The minimum Gasteiger partial charge on any atom is -0.319 e. The summed E-state index contributed by atoms with van der Waals surface area (Å²) in [5, 5.41) is 5.83. The summed E-state index contributed by atoms with van der Waals surface area (Å²) in [6.07, 6.45) is 2.38. The highest BCUT2D eigenvalue weighted by Crippen LogP contribution is 2.40. The maximum atomic E-state index is 12.1. The Bertz CT molecular complexity index is 634. The lowest BCUT2D eigenvalue weighted by atomic mass is 10.2. The van der Waals surface area contributed by atoms with Gasteiger partial charge in [-0.1, -0.05) is 17.7 Å². The first-order valence-corrected chi connectivity index (χ1v) is 7.42. The highest BCUT2D eigenvalue weighted by atomic mass is 35.5. The fourth-order valence-electron chi connectivity index (χ4n) is 1.87. The number of amides is 1. The quantitative estimate of drug-likeness (QED) is 0.919. The number of anilines is 1. The van der Waals surface area contributed by atoms with Gasteiger partial charge in [0, 0.05) is 11.3 Å². The highest BCUT2D eigenvalue weighted by molar-refractivity contribution is 7.11. The van der Waals surface area contributed by atoms with Crippen LogP contribution in [0.3, 0.4) is 0 Å². The maximum absolute atomic E-state index is 12.1. The summed E-state index contributed by atoms with van der Waals surface area (Å²) in [7, 11) is 0. The lowest BCUT2D eigenvalue weighted by molar-refractivity contribution is 0.102. The molecule has 0 radical (unpaired) electrons. The lowest BCUT2D eigenvalue weighted by Crippen LogP contribution is -2.12. The molecule has 1 heterocycles. The summed E-state index contributed by atoms with van der Waals surface area (Å²) in [6.45, 7) is 1.96. The zero-order chi connectivity index (χ0) is 13.4. The van der Waals surface area contributed by atoms with E-state index in [9.17, 15) is 4.79 Å². The number of rotatable bonds is 3. The van der Waals surface area contributed by atoms with Crippen molar-refractivity contribution in [3.8, 4) is 0 Å². The maximum Gasteiger partial charge on any atom is 0.284 e. The lowest BCUT2D eigenvalue weighted by Gasteiger charge is -2.06. The summed E-state index contributed by atoms with van der Waals surface area (Å²) in [5.74, 6) is 0.379. The van der Waals surface area contributed by atoms with Gasteiger partial charge in [-0.05, 0) is 37.5 Å². The predicted octanol–water partition coefficient (Wildman–Crippen LogP) is 4.23. The number of halogens is 1. The van der Waals surface area contributed by atoms with Gasteiger partial charge < -0.3 is 5.32 Å². The summed E-state index contributed by atoms with van der Waals surface area (Å²) in [6, 6.07) is 5.55. The fraction of sp³-hybridized carbons (Fsp3) is 0.286. The van der Waals surface area contributed by atoms with Crippen molar-refractivity contribution < 1.29 is 4.79 Å². The predicted molar refractivity (Wildman–Crippen MR) is 78.2 cm³/mol. The van der Waals surface area contributed by atoms with Gasteiger partial charge in [-0.3, -0.25) is 4.79 Å². The van der Waals surface area contributed by atoms with Gasteiger partial charge in [0.2, 0.25) is 0 Å². The van der Waals surface area contributed by atoms with Crippen LogP contribution in [-0.2, 0) is 0 Å². The van der Waals surface area contributed by atoms with Crippen LogP contribution in [0.4, 0.5) is 5.69 Å². The van der Waals surface area contributed by atoms with E-state index in [1.54, 1.807) is 6.07 Å². The van der Waals surface area contributed by atoms with Crippen LogP contribution in [0.5, 0.6) is 0 Å². The highest BCUT2D eigenvalue weighted by Gasteiger charge is 2.27. The molecule has 0 unspecified atom stereocenters. The summed E-state index contributed by atoms with van der Waals surface area (Å²) in [4.78, 5) is 16.5. The van der Waals surface area contributed by atoms with E-state index >= 15 is 0 Å². The molecule has 5 heteroatoms. The van der Waals surface area contributed by atoms with E-state index in [0.29, 0.717) is 21.6 Å². The van der Waals surface area contributed by atoms with E-state index < -0.39 is 0 Å². The molecule has 0 atom stereocenters. The van der Waals surface area contributed by atoms with Crippen LogP contribution in [-0.4, -0.2) is 10.9 Å². The number of carbonyl (C=O) groups is 1. The van der Waals surface area contributed by atoms with Gasteiger partial charge in [-0.2, -0.15) is 0 Å². The van der Waals surface area contributed by atoms with E-state index in [4.69, 9.17) is 11.6 Å². The van der Waals surface area contributed by atoms with Crippen LogP contribution in [0.2, 0.25) is 5.02 Å². The van der Waals surface area contributed by atoms with Crippen LogP contribution in [0.1, 0.15) is 39.8 Å². The number of nitrogens with zero attached hydrogens (tertiary/aromatic N) is 1. The van der Waals surface area contributed by atoms with Crippen molar-refractivity contribution in [2.75, 3.05) is 5.32 Å². The molecule has 3 rings (SSSR count). The Labute approximate surface area is 120 Å². The molecule has 19 heavy (non-hydrogen) atoms. The van der Waals surface area contributed by atoms with Gasteiger partial charge in [-0.15, -0.1) is 11.3 Å². The van der Waals surface area contributed by atoms with Crippen molar-refractivity contribution in [3.63, 3.8) is 0 Å². The van der Waals surface area contributed by atoms with Crippen molar-refractivity contribution in [2.24, 2.45) is 0 Å². The van der Waals surface area contributed by atoms with Crippen LogP contribution in [0, 0.1) is 6.92 Å². The Morgan fingerprint density at radius 2 is 2.26 bits per heavy atom. The monoisotopic (exact) mass is 292 g/mol. The summed E-state index contributed by atoms with van der Waals surface area (Å²) in [5.41, 5.74) is 2.73. The third-order valence-electron chi connectivity index (χ3n) is 3.08. The molecule has 0 bridgehead atoms. The zero-order valence-corrected chi connectivity index (χ0v) is 12.0. The van der Waals surface area contributed by atoms with Gasteiger partial charge in [0.15, 0.2) is 5.01 Å². The number of aromatic nitrogens is 1. The van der Waals surface area contributed by atoms with Gasteiger partial charge >= 0.3 is 0 Å². The molecule has 1 aliphatic rings. The molecule has 1 aromatic carbocycles. The van der Waals surface area contributed by atoms with Crippen molar-refractivity contribution in [3.05, 3.63) is 44.9 Å². The first-order valence-electron chi connectivity index (χ1n) is 6.16. The van der Waals surface area contributed by atoms with E-state index in [1.165, 1.54) is 24.2 Å². The number of carbonyl (C=O) groups excluding carboxylic acids is 1. The Morgan fingerprint density at radius 3 is 3.00 bits per heavy atom. The number of hydrogen-bond donors (Lipinski definition) is 1. The van der Waals surface area contributed by atoms with Crippen molar-refractivity contribution in [2.45, 2.75) is 25.7 Å². The number of benzene rings is 1. The number of nitrogens with one attached hydrogen (secondary N) is 1.